The van der Waals surface area contributed by atoms with Gasteiger partial charge in [0.15, 0.2) is 5.78 Å². The summed E-state index contributed by atoms with van der Waals surface area (Å²) >= 11 is 0. The van der Waals surface area contributed by atoms with Crippen LogP contribution < -0.4 is 0 Å². The molecule has 5 atom stereocenters. The summed E-state index contributed by atoms with van der Waals surface area (Å²) in [6, 6.07) is 0. The minimum atomic E-state index is -2.66. The molecule has 1 rings (SSSR count). The monoisotopic (exact) mass is 276 g/mol. The summed E-state index contributed by atoms with van der Waals surface area (Å²) in [5.41, 5.74) is 0. The number of aliphatic hydroxyl groups is 4. The number of aliphatic hydroxyl groups excluding tert-OH is 3. The molecule has 1 aliphatic rings. The molecule has 108 valence electrons. The van der Waals surface area contributed by atoms with Crippen LogP contribution in [-0.2, 0) is 19.1 Å². The van der Waals surface area contributed by atoms with E-state index in [1.54, 1.807) is 0 Å². The number of carbonyl (C=O) groups is 2. The number of ketones is 1. The Morgan fingerprint density at radius 3 is 2.42 bits per heavy atom. The Morgan fingerprint density at radius 1 is 1.37 bits per heavy atom. The van der Waals surface area contributed by atoms with Gasteiger partial charge in [0.2, 0.25) is 0 Å². The highest BCUT2D eigenvalue weighted by Crippen LogP contribution is 2.29. The molecule has 0 aromatic rings. The third kappa shape index (κ3) is 2.99. The molecule has 0 saturated carbocycles. The van der Waals surface area contributed by atoms with E-state index in [4.69, 9.17) is 4.74 Å². The van der Waals surface area contributed by atoms with Gasteiger partial charge in [-0.05, 0) is 0 Å². The van der Waals surface area contributed by atoms with E-state index in [9.17, 15) is 30.0 Å². The predicted molar refractivity (Wildman–Crippen MR) is 59.7 cm³/mol. The Bertz CT molecular complexity index is 381. The zero-order valence-corrected chi connectivity index (χ0v) is 10.2. The Morgan fingerprint density at radius 2 is 1.95 bits per heavy atom. The second kappa shape index (κ2) is 5.76. The van der Waals surface area contributed by atoms with Crippen LogP contribution in [0.15, 0.2) is 12.7 Å². The third-order valence-electron chi connectivity index (χ3n) is 2.85. The van der Waals surface area contributed by atoms with Crippen molar-refractivity contribution in [2.75, 3.05) is 6.61 Å². The van der Waals surface area contributed by atoms with E-state index in [1.807, 2.05) is 0 Å². The van der Waals surface area contributed by atoms with E-state index in [0.717, 1.165) is 13.0 Å². The molecule has 1 saturated heterocycles. The summed E-state index contributed by atoms with van der Waals surface area (Å²) in [4.78, 5) is 22.2. The Balaban J connectivity index is 2.85. The normalized spacial score (nSPS) is 38.6. The fourth-order valence-electron chi connectivity index (χ4n) is 1.66. The van der Waals surface area contributed by atoms with Gasteiger partial charge in [0.05, 0.1) is 0 Å². The van der Waals surface area contributed by atoms with Gasteiger partial charge in [-0.3, -0.25) is 4.79 Å². The topological polar surface area (TPSA) is 134 Å². The van der Waals surface area contributed by atoms with Gasteiger partial charge in [-0.15, -0.1) is 0 Å². The Labute approximate surface area is 108 Å². The van der Waals surface area contributed by atoms with Crippen LogP contribution in [0.1, 0.15) is 6.92 Å². The highest BCUT2D eigenvalue weighted by atomic mass is 16.7. The lowest BCUT2D eigenvalue weighted by atomic mass is 9.90. The number of hydrogen-bond donors (Lipinski definition) is 4. The lowest BCUT2D eigenvalue weighted by molar-refractivity contribution is -0.330. The summed E-state index contributed by atoms with van der Waals surface area (Å²) in [5, 5.41) is 38.6. The van der Waals surface area contributed by atoms with E-state index < -0.39 is 48.6 Å². The van der Waals surface area contributed by atoms with Gasteiger partial charge in [-0.2, -0.15) is 0 Å². The third-order valence-corrected chi connectivity index (χ3v) is 2.85. The number of hydrogen-bond acceptors (Lipinski definition) is 8. The number of ether oxygens (including phenoxy) is 2. The minimum absolute atomic E-state index is 0.522. The molecule has 0 aromatic carbocycles. The summed E-state index contributed by atoms with van der Waals surface area (Å²) < 4.78 is 9.46. The second-order valence-electron chi connectivity index (χ2n) is 4.17. The van der Waals surface area contributed by atoms with E-state index in [0.29, 0.717) is 0 Å². The molecule has 0 aromatic heterocycles. The standard InChI is InChI=1S/C11H16O8/c1-3-7(13)18-4-6-8(14)9(15)10(16)11(17,19-6)5(2)12/h3,6,8-10,14-17H,1,4H2,2H3/t6-,8-,9+,10+,11?/m1/s1. The molecule has 0 spiro atoms. The molecule has 1 aliphatic heterocycles. The van der Waals surface area contributed by atoms with Gasteiger partial charge in [0, 0.05) is 13.0 Å². The van der Waals surface area contributed by atoms with Crippen LogP contribution in [0.5, 0.6) is 0 Å². The molecule has 0 amide bonds. The maximum atomic E-state index is 11.3. The lowest BCUT2D eigenvalue weighted by Crippen LogP contribution is -2.67. The number of Topliss-reactive ketones (excluding diaryl/α,β-unsaturated/α-hetero) is 1. The second-order valence-corrected chi connectivity index (χ2v) is 4.17. The van der Waals surface area contributed by atoms with Crippen LogP contribution in [-0.4, -0.2) is 69.0 Å². The largest absolute Gasteiger partial charge is 0.460 e. The molecular weight excluding hydrogens is 260 g/mol. The first-order valence-electron chi connectivity index (χ1n) is 5.48. The average molecular weight is 276 g/mol. The van der Waals surface area contributed by atoms with Crippen molar-refractivity contribution in [2.45, 2.75) is 37.1 Å². The van der Waals surface area contributed by atoms with Crippen LogP contribution >= 0.6 is 0 Å². The van der Waals surface area contributed by atoms with Gasteiger partial charge in [-0.1, -0.05) is 6.58 Å². The highest BCUT2D eigenvalue weighted by molar-refractivity contribution is 5.84. The Hall–Kier alpha value is -1.32. The summed E-state index contributed by atoms with van der Waals surface area (Å²) in [6.45, 7) is 3.58. The van der Waals surface area contributed by atoms with E-state index in [2.05, 4.69) is 11.3 Å². The highest BCUT2D eigenvalue weighted by Gasteiger charge is 2.55. The first-order valence-corrected chi connectivity index (χ1v) is 5.48. The first kappa shape index (κ1) is 15.7. The van der Waals surface area contributed by atoms with Crippen molar-refractivity contribution in [3.8, 4) is 0 Å². The fourth-order valence-corrected chi connectivity index (χ4v) is 1.66. The van der Waals surface area contributed by atoms with Crippen molar-refractivity contribution < 1.29 is 39.5 Å². The van der Waals surface area contributed by atoms with Crippen molar-refractivity contribution in [3.63, 3.8) is 0 Å². The molecule has 8 nitrogen and oxygen atoms in total. The molecule has 1 unspecified atom stereocenters. The minimum Gasteiger partial charge on any atom is -0.460 e. The van der Waals surface area contributed by atoms with Crippen LogP contribution in [0.3, 0.4) is 0 Å². The maximum absolute atomic E-state index is 11.3. The summed E-state index contributed by atoms with van der Waals surface area (Å²) in [7, 11) is 0. The smallest absolute Gasteiger partial charge is 0.330 e. The fraction of sp³-hybridized carbons (Fsp3) is 0.636. The zero-order valence-electron chi connectivity index (χ0n) is 10.2. The number of carbonyl (C=O) groups excluding carboxylic acids is 2. The van der Waals surface area contributed by atoms with Crippen LogP contribution in [0.2, 0.25) is 0 Å². The van der Waals surface area contributed by atoms with Gasteiger partial charge < -0.3 is 29.9 Å². The zero-order chi connectivity index (χ0) is 14.8. The van der Waals surface area contributed by atoms with Crippen LogP contribution in [0, 0.1) is 0 Å². The van der Waals surface area contributed by atoms with Crippen molar-refractivity contribution in [3.05, 3.63) is 12.7 Å². The van der Waals surface area contributed by atoms with Crippen molar-refractivity contribution in [1.29, 1.82) is 0 Å². The van der Waals surface area contributed by atoms with Crippen molar-refractivity contribution >= 4 is 11.8 Å². The van der Waals surface area contributed by atoms with Crippen LogP contribution in [0.25, 0.3) is 0 Å². The number of esters is 1. The van der Waals surface area contributed by atoms with Crippen molar-refractivity contribution in [2.24, 2.45) is 0 Å². The molecule has 8 heteroatoms. The van der Waals surface area contributed by atoms with Gasteiger partial charge in [0.1, 0.15) is 31.0 Å². The first-order chi connectivity index (χ1) is 8.74. The van der Waals surface area contributed by atoms with Gasteiger partial charge in [-0.25, -0.2) is 4.79 Å². The van der Waals surface area contributed by atoms with Gasteiger partial charge >= 0.3 is 5.97 Å². The predicted octanol–water partition coefficient (Wildman–Crippen LogP) is -2.53. The summed E-state index contributed by atoms with van der Waals surface area (Å²) in [5.74, 6) is -4.42. The van der Waals surface area contributed by atoms with Gasteiger partial charge in [0.25, 0.3) is 5.79 Å². The average Bonchev–Trinajstić information content (AvgIpc) is 2.38. The quantitative estimate of drug-likeness (QED) is 0.326. The lowest BCUT2D eigenvalue weighted by Gasteiger charge is -2.44. The van der Waals surface area contributed by atoms with Crippen LogP contribution in [0.4, 0.5) is 0 Å². The van der Waals surface area contributed by atoms with E-state index in [1.165, 1.54) is 0 Å². The maximum Gasteiger partial charge on any atom is 0.330 e. The molecular formula is C11H16O8. The molecule has 19 heavy (non-hydrogen) atoms. The molecule has 0 bridgehead atoms. The number of rotatable bonds is 4. The van der Waals surface area contributed by atoms with Crippen molar-refractivity contribution in [1.82, 2.24) is 0 Å². The molecule has 1 fully saturated rings. The molecule has 4 N–H and O–H groups in total. The molecule has 1 heterocycles. The molecule has 0 aliphatic carbocycles. The Kier molecular flexibility index (Phi) is 4.77. The van der Waals surface area contributed by atoms with E-state index in [-0.39, 0.29) is 0 Å². The van der Waals surface area contributed by atoms with E-state index >= 15 is 0 Å². The molecule has 0 radical (unpaired) electrons. The SMILES string of the molecule is C=CC(=O)OC[C@H]1OC(O)(C(C)=O)[C@@H](O)[C@@H](O)[C@@H]1O. The summed E-state index contributed by atoms with van der Waals surface area (Å²) in [6.07, 6.45) is -5.96.